The van der Waals surface area contributed by atoms with Crippen molar-refractivity contribution in [3.63, 3.8) is 0 Å². The van der Waals surface area contributed by atoms with Gasteiger partial charge in [0.1, 0.15) is 0 Å². The molecule has 0 aromatic carbocycles. The Morgan fingerprint density at radius 1 is 0.731 bits per heavy atom. The number of carbonyl (C=O) groups is 2. The molecule has 0 aliphatic rings. The van der Waals surface area contributed by atoms with Crippen molar-refractivity contribution in [1.82, 2.24) is 0 Å². The third kappa shape index (κ3) is 7.69. The highest BCUT2D eigenvalue weighted by Crippen LogP contribution is 2.54. The zero-order valence-corrected chi connectivity index (χ0v) is 12.0. The van der Waals surface area contributed by atoms with Crippen molar-refractivity contribution in [2.75, 3.05) is 0 Å². The van der Waals surface area contributed by atoms with Gasteiger partial charge in [0.15, 0.2) is 0 Å². The van der Waals surface area contributed by atoms with Crippen molar-refractivity contribution in [1.29, 1.82) is 0 Å². The lowest BCUT2D eigenvalue weighted by Gasteiger charge is -2.32. The first kappa shape index (κ1) is 28.5. The van der Waals surface area contributed by atoms with E-state index in [0.29, 0.717) is 0 Å². The van der Waals surface area contributed by atoms with Crippen LogP contribution in [0, 0.1) is 0 Å². The van der Waals surface area contributed by atoms with Gasteiger partial charge in [-0.2, -0.15) is 39.5 Å². The molecule has 0 saturated heterocycles. The summed E-state index contributed by atoms with van der Waals surface area (Å²) in [7, 11) is 0. The number of carboxylic acid groups (broad SMARTS) is 2. The summed E-state index contributed by atoms with van der Waals surface area (Å²) >= 11 is 0. The van der Waals surface area contributed by atoms with E-state index in [0.717, 1.165) is 12.2 Å². The molecule has 0 heterocycles. The Bertz CT molecular complexity index is 479. The minimum Gasteiger partial charge on any atom is -0.478 e. The molecule has 0 aromatic heterocycles. The molecule has 0 aliphatic heterocycles. The van der Waals surface area contributed by atoms with Gasteiger partial charge in [-0.3, -0.25) is 0 Å². The summed E-state index contributed by atoms with van der Waals surface area (Å²) in [6.45, 7) is 5.92. The lowest BCUT2D eigenvalue weighted by Crippen LogP contribution is -2.63. The van der Waals surface area contributed by atoms with Crippen LogP contribution in [-0.4, -0.2) is 52.5 Å². The second-order valence-corrected chi connectivity index (χ2v) is 3.65. The second-order valence-electron chi connectivity index (χ2n) is 3.65. The van der Waals surface area contributed by atoms with Crippen LogP contribution in [0.2, 0.25) is 0 Å². The van der Waals surface area contributed by atoms with Gasteiger partial charge >= 0.3 is 42.3 Å². The van der Waals surface area contributed by atoms with E-state index in [1.54, 1.807) is 0 Å². The van der Waals surface area contributed by atoms with E-state index in [9.17, 15) is 57.9 Å². The topological polar surface area (TPSA) is 74.6 Å². The van der Waals surface area contributed by atoms with E-state index in [-0.39, 0.29) is 0 Å². The number of hydrogen-bond acceptors (Lipinski definition) is 2. The van der Waals surface area contributed by atoms with Crippen LogP contribution >= 0.6 is 0 Å². The Morgan fingerprint density at radius 2 is 0.962 bits per heavy atom. The smallest absolute Gasteiger partial charge is 0.460 e. The molecule has 0 bridgehead atoms. The molecule has 0 saturated carbocycles. The third-order valence-electron chi connectivity index (χ3n) is 1.79. The highest BCUT2D eigenvalue weighted by molar-refractivity contribution is 5.79. The van der Waals surface area contributed by atoms with Crippen molar-refractivity contribution in [3.05, 3.63) is 25.3 Å². The summed E-state index contributed by atoms with van der Waals surface area (Å²) in [5, 5.41) is 15.2. The lowest BCUT2D eigenvalue weighted by atomic mass is 10.0. The summed E-state index contributed by atoms with van der Waals surface area (Å²) < 4.78 is 128. The van der Waals surface area contributed by atoms with Crippen LogP contribution in [0.5, 0.6) is 0 Å². The fourth-order valence-corrected chi connectivity index (χ4v) is 0.524. The Kier molecular flexibility index (Phi) is 10.9. The fraction of sp³-hybridized carbons (Fsp3) is 0.455. The monoisotopic (exact) mass is 414 g/mol. The number of rotatable bonds is 5. The normalized spacial score (nSPS) is 12.2. The molecule has 0 aromatic rings. The zero-order valence-electron chi connectivity index (χ0n) is 12.0. The largest absolute Gasteiger partial charge is 0.478 e. The van der Waals surface area contributed by atoms with Crippen molar-refractivity contribution in [2.24, 2.45) is 0 Å². The fourth-order valence-electron chi connectivity index (χ4n) is 0.524. The summed E-state index contributed by atoms with van der Waals surface area (Å²) in [4.78, 5) is 18.5. The van der Waals surface area contributed by atoms with E-state index in [1.807, 2.05) is 0 Å². The molecule has 154 valence electrons. The van der Waals surface area contributed by atoms with Gasteiger partial charge in [0.2, 0.25) is 0 Å². The maximum Gasteiger partial charge on any atom is 0.460 e. The Hall–Kier alpha value is -2.35. The highest BCUT2D eigenvalue weighted by atomic mass is 19.4. The Balaban J connectivity index is -0.000000433. The average molecular weight is 414 g/mol. The minimum atomic E-state index is -7.26. The first-order chi connectivity index (χ1) is 11.2. The van der Waals surface area contributed by atoms with Gasteiger partial charge in [0.25, 0.3) is 0 Å². The van der Waals surface area contributed by atoms with Gasteiger partial charge in [0.05, 0.1) is 0 Å². The number of alkyl halides is 11. The van der Waals surface area contributed by atoms with Gasteiger partial charge in [-0.05, 0) is 0 Å². The molecule has 0 unspecified atom stereocenters. The van der Waals surface area contributed by atoms with Gasteiger partial charge in [0, 0.05) is 12.2 Å². The first-order valence-corrected chi connectivity index (χ1v) is 5.43. The van der Waals surface area contributed by atoms with Crippen LogP contribution in [0.3, 0.4) is 0 Å². The average Bonchev–Trinajstić information content (AvgIpc) is 2.46. The quantitative estimate of drug-likeness (QED) is 0.522. The zero-order chi connectivity index (χ0) is 22.1. The van der Waals surface area contributed by atoms with Gasteiger partial charge in [-0.1, -0.05) is 13.2 Å². The van der Waals surface area contributed by atoms with Gasteiger partial charge in [-0.25, -0.2) is 18.4 Å². The lowest BCUT2D eigenvalue weighted by molar-refractivity contribution is -0.408. The van der Waals surface area contributed by atoms with Crippen LogP contribution in [0.4, 0.5) is 48.3 Å². The number of hydrogen-bond donors (Lipinski definition) is 2. The molecular weight excluding hydrogens is 405 g/mol. The standard InChI is InChI=1S/C5HF11.2C3H4O2/c6-1(7)2(8,9)3(10,11)4(12,13)5(14,15)16;2*1-2-3(4)5/h1H;2*2H,1H2,(H,4,5). The molecule has 0 spiro atoms. The van der Waals surface area contributed by atoms with Crippen LogP contribution in [-0.2, 0) is 9.59 Å². The molecule has 2 N–H and O–H groups in total. The van der Waals surface area contributed by atoms with Crippen LogP contribution in [0.1, 0.15) is 0 Å². The Morgan fingerprint density at radius 3 is 1.08 bits per heavy atom. The molecule has 26 heavy (non-hydrogen) atoms. The summed E-state index contributed by atoms with van der Waals surface area (Å²) in [5.41, 5.74) is 0. The predicted molar refractivity (Wildman–Crippen MR) is 62.6 cm³/mol. The molecule has 4 nitrogen and oxygen atoms in total. The number of aliphatic carboxylic acids is 2. The van der Waals surface area contributed by atoms with Crippen LogP contribution < -0.4 is 0 Å². The van der Waals surface area contributed by atoms with Crippen molar-refractivity contribution in [2.45, 2.75) is 30.4 Å². The maximum atomic E-state index is 12.0. The van der Waals surface area contributed by atoms with E-state index >= 15 is 0 Å². The van der Waals surface area contributed by atoms with E-state index in [1.165, 1.54) is 0 Å². The molecule has 0 amide bonds. The van der Waals surface area contributed by atoms with Crippen LogP contribution in [0.15, 0.2) is 25.3 Å². The molecular formula is C11H9F11O4. The minimum absolute atomic E-state index is 0.833. The van der Waals surface area contributed by atoms with E-state index in [2.05, 4.69) is 13.2 Å². The second kappa shape index (κ2) is 9.96. The van der Waals surface area contributed by atoms with Crippen molar-refractivity contribution in [3.8, 4) is 0 Å². The van der Waals surface area contributed by atoms with E-state index in [4.69, 9.17) is 10.2 Å². The molecule has 0 aliphatic carbocycles. The Labute approximate surface area is 137 Å². The molecule has 0 fully saturated rings. The first-order valence-electron chi connectivity index (χ1n) is 5.43. The van der Waals surface area contributed by atoms with Gasteiger partial charge < -0.3 is 10.2 Å². The molecule has 15 heteroatoms. The number of halogens is 11. The molecule has 0 atom stereocenters. The SMILES string of the molecule is C=CC(=O)O.C=CC(=O)O.FC(F)C(F)(F)C(F)(F)C(F)(F)C(F)(F)F. The summed E-state index contributed by atoms with van der Waals surface area (Å²) in [5.74, 6) is -23.3. The maximum absolute atomic E-state index is 12.0. The molecule has 0 rings (SSSR count). The van der Waals surface area contributed by atoms with Crippen molar-refractivity contribution < 1.29 is 68.1 Å². The summed E-state index contributed by atoms with van der Waals surface area (Å²) in [6.07, 6.45) is -10.8. The van der Waals surface area contributed by atoms with Crippen molar-refractivity contribution >= 4 is 11.9 Å². The summed E-state index contributed by atoms with van der Waals surface area (Å²) in [6, 6.07) is 0. The predicted octanol–water partition coefficient (Wildman–Crippen LogP) is 4.23. The van der Waals surface area contributed by atoms with E-state index < -0.39 is 42.3 Å². The third-order valence-corrected chi connectivity index (χ3v) is 1.79. The van der Waals surface area contributed by atoms with Gasteiger partial charge in [-0.15, -0.1) is 0 Å². The van der Waals surface area contributed by atoms with Crippen LogP contribution in [0.25, 0.3) is 0 Å². The molecule has 0 radical (unpaired) electrons. The number of carboxylic acids is 2. The highest BCUT2D eigenvalue weighted by Gasteiger charge is 2.83.